The van der Waals surface area contributed by atoms with Crippen molar-refractivity contribution in [3.63, 3.8) is 0 Å². The number of rotatable bonds is 6. The van der Waals surface area contributed by atoms with Crippen molar-refractivity contribution >= 4 is 22.1 Å². The summed E-state index contributed by atoms with van der Waals surface area (Å²) >= 11 is 3.55. The van der Waals surface area contributed by atoms with Crippen molar-refractivity contribution in [2.24, 2.45) is 4.99 Å². The molecule has 0 spiro atoms. The van der Waals surface area contributed by atoms with Crippen LogP contribution in [-0.4, -0.2) is 45.5 Å². The van der Waals surface area contributed by atoms with Crippen LogP contribution in [-0.2, 0) is 15.9 Å². The average molecular weight is 372 g/mol. The molecule has 0 aromatic heterocycles. The van der Waals surface area contributed by atoms with Crippen LogP contribution in [0.25, 0.3) is 0 Å². The molecule has 0 unspecified atom stereocenters. The van der Waals surface area contributed by atoms with Gasteiger partial charge in [0.25, 0.3) is 0 Å². The molecular formula is C16H22BrNO4. The lowest BCUT2D eigenvalue weighted by atomic mass is 10.1. The highest BCUT2D eigenvalue weighted by molar-refractivity contribution is 9.10. The third kappa shape index (κ3) is 4.44. The van der Waals surface area contributed by atoms with Crippen molar-refractivity contribution in [3.8, 4) is 11.5 Å². The molecule has 1 aromatic carbocycles. The fraction of sp³-hybridized carbons (Fsp3) is 0.562. The van der Waals surface area contributed by atoms with E-state index in [1.54, 1.807) is 14.2 Å². The van der Waals surface area contributed by atoms with Crippen molar-refractivity contribution in [1.29, 1.82) is 0 Å². The highest BCUT2D eigenvalue weighted by Crippen LogP contribution is 2.33. The Morgan fingerprint density at radius 2 is 2.00 bits per heavy atom. The van der Waals surface area contributed by atoms with E-state index in [4.69, 9.17) is 18.9 Å². The first-order valence-corrected chi connectivity index (χ1v) is 7.96. The van der Waals surface area contributed by atoms with Gasteiger partial charge in [-0.2, -0.15) is 0 Å². The predicted molar refractivity (Wildman–Crippen MR) is 89.2 cm³/mol. The van der Waals surface area contributed by atoms with Gasteiger partial charge in [-0.25, -0.2) is 0 Å². The van der Waals surface area contributed by atoms with Crippen LogP contribution in [0.3, 0.4) is 0 Å². The Labute approximate surface area is 139 Å². The molecule has 122 valence electrons. The standard InChI is InChI=1S/C16H22BrNO4/c1-16(2)21-10-12(22-16)9-18-6-5-11-7-14(19-3)15(20-4)8-13(11)17/h7-9,12H,5-6,10H2,1-4H3/t12-/m0/s1. The number of methoxy groups -OCH3 is 2. The summed E-state index contributed by atoms with van der Waals surface area (Å²) < 4.78 is 22.7. The van der Waals surface area contributed by atoms with Crippen LogP contribution in [0.2, 0.25) is 0 Å². The first-order chi connectivity index (χ1) is 10.4. The summed E-state index contributed by atoms with van der Waals surface area (Å²) in [5.41, 5.74) is 1.12. The molecule has 1 aliphatic heterocycles. The molecule has 0 N–H and O–H groups in total. The Bertz CT molecular complexity index is 545. The number of halogens is 1. The summed E-state index contributed by atoms with van der Waals surface area (Å²) in [5, 5.41) is 0. The summed E-state index contributed by atoms with van der Waals surface area (Å²) in [4.78, 5) is 4.43. The summed E-state index contributed by atoms with van der Waals surface area (Å²) in [6.07, 6.45) is 2.56. The van der Waals surface area contributed by atoms with E-state index in [9.17, 15) is 0 Å². The molecule has 6 heteroatoms. The molecule has 0 amide bonds. The lowest BCUT2D eigenvalue weighted by molar-refractivity contribution is -0.130. The molecular weight excluding hydrogens is 350 g/mol. The molecule has 0 bridgehead atoms. The quantitative estimate of drug-likeness (QED) is 0.720. The van der Waals surface area contributed by atoms with Crippen LogP contribution in [0.5, 0.6) is 11.5 Å². The lowest BCUT2D eigenvalue weighted by Gasteiger charge is -2.15. The van der Waals surface area contributed by atoms with Gasteiger partial charge in [-0.05, 0) is 38.0 Å². The molecule has 1 atom stereocenters. The van der Waals surface area contributed by atoms with E-state index in [2.05, 4.69) is 20.9 Å². The van der Waals surface area contributed by atoms with Gasteiger partial charge in [0.05, 0.1) is 20.8 Å². The van der Waals surface area contributed by atoms with Crippen molar-refractivity contribution in [2.45, 2.75) is 32.2 Å². The van der Waals surface area contributed by atoms with Gasteiger partial charge in [-0.1, -0.05) is 15.9 Å². The van der Waals surface area contributed by atoms with Crippen LogP contribution in [0.4, 0.5) is 0 Å². The van der Waals surface area contributed by atoms with E-state index in [0.29, 0.717) is 18.9 Å². The molecule has 1 fully saturated rings. The van der Waals surface area contributed by atoms with E-state index in [-0.39, 0.29) is 6.10 Å². The first kappa shape index (κ1) is 17.2. The SMILES string of the molecule is COc1cc(Br)c(CCN=C[C@H]2COC(C)(C)O2)cc1OC. The second-order valence-electron chi connectivity index (χ2n) is 5.47. The highest BCUT2D eigenvalue weighted by Gasteiger charge is 2.31. The highest BCUT2D eigenvalue weighted by atomic mass is 79.9. The average Bonchev–Trinajstić information content (AvgIpc) is 2.83. The van der Waals surface area contributed by atoms with Gasteiger partial charge in [0, 0.05) is 17.2 Å². The summed E-state index contributed by atoms with van der Waals surface area (Å²) in [6, 6.07) is 3.88. The molecule has 22 heavy (non-hydrogen) atoms. The molecule has 1 aliphatic rings. The third-order valence-electron chi connectivity index (χ3n) is 3.36. The molecule has 0 aliphatic carbocycles. The minimum absolute atomic E-state index is 0.0659. The lowest BCUT2D eigenvalue weighted by Crippen LogP contribution is -2.22. The molecule has 0 radical (unpaired) electrons. The maximum absolute atomic E-state index is 5.67. The molecule has 5 nitrogen and oxygen atoms in total. The number of hydrogen-bond donors (Lipinski definition) is 0. The maximum Gasteiger partial charge on any atom is 0.163 e. The van der Waals surface area contributed by atoms with Crippen molar-refractivity contribution in [3.05, 3.63) is 22.2 Å². The zero-order valence-corrected chi connectivity index (χ0v) is 15.0. The van der Waals surface area contributed by atoms with E-state index in [1.807, 2.05) is 32.2 Å². The number of aliphatic imine (C=N–C) groups is 1. The third-order valence-corrected chi connectivity index (χ3v) is 4.10. The zero-order chi connectivity index (χ0) is 16.2. The summed E-state index contributed by atoms with van der Waals surface area (Å²) in [7, 11) is 3.26. The predicted octanol–water partition coefficient (Wildman–Crippen LogP) is 3.23. The van der Waals surface area contributed by atoms with Gasteiger partial charge < -0.3 is 18.9 Å². The first-order valence-electron chi connectivity index (χ1n) is 7.17. The molecule has 1 aromatic rings. The Hall–Kier alpha value is -1.11. The van der Waals surface area contributed by atoms with Crippen molar-refractivity contribution in [1.82, 2.24) is 0 Å². The van der Waals surface area contributed by atoms with Gasteiger partial charge in [-0.3, -0.25) is 4.99 Å². The molecule has 1 saturated heterocycles. The van der Waals surface area contributed by atoms with Gasteiger partial charge in [0.2, 0.25) is 0 Å². The zero-order valence-electron chi connectivity index (χ0n) is 13.4. The number of nitrogens with zero attached hydrogens (tertiary/aromatic N) is 1. The van der Waals surface area contributed by atoms with Gasteiger partial charge in [-0.15, -0.1) is 0 Å². The normalized spacial score (nSPS) is 20.5. The fourth-order valence-electron chi connectivity index (χ4n) is 2.25. The number of benzene rings is 1. The van der Waals surface area contributed by atoms with E-state index < -0.39 is 5.79 Å². The van der Waals surface area contributed by atoms with Crippen LogP contribution in [0.15, 0.2) is 21.6 Å². The van der Waals surface area contributed by atoms with Crippen LogP contribution >= 0.6 is 15.9 Å². The van der Waals surface area contributed by atoms with E-state index in [0.717, 1.165) is 22.2 Å². The van der Waals surface area contributed by atoms with Gasteiger partial charge in [0.15, 0.2) is 17.3 Å². The summed E-state index contributed by atoms with van der Waals surface area (Å²) in [6.45, 7) is 5.04. The Morgan fingerprint density at radius 1 is 1.32 bits per heavy atom. The Morgan fingerprint density at radius 3 is 2.59 bits per heavy atom. The minimum atomic E-state index is -0.511. The van der Waals surface area contributed by atoms with Gasteiger partial charge >= 0.3 is 0 Å². The van der Waals surface area contributed by atoms with E-state index >= 15 is 0 Å². The van der Waals surface area contributed by atoms with E-state index in [1.165, 1.54) is 0 Å². The largest absolute Gasteiger partial charge is 0.493 e. The minimum Gasteiger partial charge on any atom is -0.493 e. The Balaban J connectivity index is 1.92. The smallest absolute Gasteiger partial charge is 0.163 e. The Kier molecular flexibility index (Phi) is 5.83. The molecule has 1 heterocycles. The summed E-state index contributed by atoms with van der Waals surface area (Å²) in [5.74, 6) is 0.919. The molecule has 0 saturated carbocycles. The van der Waals surface area contributed by atoms with Crippen LogP contribution < -0.4 is 9.47 Å². The van der Waals surface area contributed by atoms with Crippen LogP contribution in [0.1, 0.15) is 19.4 Å². The topological polar surface area (TPSA) is 49.3 Å². The second kappa shape index (κ2) is 7.44. The number of ether oxygens (including phenoxy) is 4. The van der Waals surface area contributed by atoms with Gasteiger partial charge in [0.1, 0.15) is 6.10 Å². The van der Waals surface area contributed by atoms with Crippen molar-refractivity contribution in [2.75, 3.05) is 27.4 Å². The fourth-order valence-corrected chi connectivity index (χ4v) is 2.77. The monoisotopic (exact) mass is 371 g/mol. The molecule has 2 rings (SSSR count). The second-order valence-corrected chi connectivity index (χ2v) is 6.33. The van der Waals surface area contributed by atoms with Crippen LogP contribution in [0, 0.1) is 0 Å². The maximum atomic E-state index is 5.67. The van der Waals surface area contributed by atoms with Crippen molar-refractivity contribution < 1.29 is 18.9 Å². The number of hydrogen-bond acceptors (Lipinski definition) is 5.